The molecule has 0 aliphatic rings. The lowest BCUT2D eigenvalue weighted by molar-refractivity contribution is 0.0953. The number of amides is 3. The van der Waals surface area contributed by atoms with Gasteiger partial charge in [-0.1, -0.05) is 0 Å². The van der Waals surface area contributed by atoms with E-state index in [1.165, 1.54) is 11.1 Å². The van der Waals surface area contributed by atoms with Crippen LogP contribution in [-0.2, 0) is 0 Å². The largest absolute Gasteiger partial charge is 0.350 e. The van der Waals surface area contributed by atoms with Gasteiger partial charge in [-0.3, -0.25) is 4.79 Å². The van der Waals surface area contributed by atoms with Crippen molar-refractivity contribution in [1.82, 2.24) is 20.5 Å². The third-order valence-electron chi connectivity index (χ3n) is 2.27. The summed E-state index contributed by atoms with van der Waals surface area (Å²) in [6, 6.07) is 3.01. The van der Waals surface area contributed by atoms with Gasteiger partial charge in [-0.05, 0) is 12.1 Å². The second kappa shape index (κ2) is 7.17. The summed E-state index contributed by atoms with van der Waals surface area (Å²) < 4.78 is 0. The number of rotatable bonds is 5. The van der Waals surface area contributed by atoms with Crippen LogP contribution in [0.1, 0.15) is 10.4 Å². The number of nitrogens with two attached hydrogens (primary N) is 1. The van der Waals surface area contributed by atoms with E-state index in [-0.39, 0.29) is 11.9 Å². The van der Waals surface area contributed by atoms with E-state index in [1.54, 1.807) is 26.2 Å². The van der Waals surface area contributed by atoms with Crippen LogP contribution in [0.4, 0.5) is 10.6 Å². The normalized spacial score (nSPS) is 9.63. The van der Waals surface area contributed by atoms with Crippen LogP contribution in [0.5, 0.6) is 0 Å². The number of aromatic nitrogens is 1. The third kappa shape index (κ3) is 4.80. The Balaban J connectivity index is 2.33. The zero-order valence-corrected chi connectivity index (χ0v) is 10.9. The third-order valence-corrected chi connectivity index (χ3v) is 2.27. The smallest absolute Gasteiger partial charge is 0.316 e. The van der Waals surface area contributed by atoms with Crippen molar-refractivity contribution in [1.29, 1.82) is 0 Å². The molecule has 1 rings (SSSR count). The second-order valence-electron chi connectivity index (χ2n) is 3.96. The zero-order chi connectivity index (χ0) is 14.3. The van der Waals surface area contributed by atoms with Crippen molar-refractivity contribution in [3.63, 3.8) is 0 Å². The van der Waals surface area contributed by atoms with Gasteiger partial charge in [0.25, 0.3) is 5.91 Å². The zero-order valence-electron chi connectivity index (χ0n) is 10.9. The summed E-state index contributed by atoms with van der Waals surface area (Å²) in [7, 11) is 3.29. The highest BCUT2D eigenvalue weighted by molar-refractivity contribution is 5.94. The van der Waals surface area contributed by atoms with Crippen LogP contribution in [0.15, 0.2) is 18.3 Å². The minimum Gasteiger partial charge on any atom is -0.350 e. The Morgan fingerprint density at radius 3 is 2.47 bits per heavy atom. The van der Waals surface area contributed by atoms with Gasteiger partial charge in [0.15, 0.2) is 0 Å². The molecule has 3 amide bonds. The predicted octanol–water partition coefficient (Wildman–Crippen LogP) is -0.632. The van der Waals surface area contributed by atoms with Gasteiger partial charge in [0.2, 0.25) is 0 Å². The van der Waals surface area contributed by atoms with Crippen LogP contribution in [-0.4, -0.2) is 49.0 Å². The maximum Gasteiger partial charge on any atom is 0.316 e. The monoisotopic (exact) mass is 266 g/mol. The summed E-state index contributed by atoms with van der Waals surface area (Å²) in [5.74, 6) is 5.40. The average Bonchev–Trinajstić information content (AvgIpc) is 2.43. The summed E-state index contributed by atoms with van der Waals surface area (Å²) in [5, 5.41) is 5.30. The van der Waals surface area contributed by atoms with E-state index in [0.29, 0.717) is 24.5 Å². The fourth-order valence-electron chi connectivity index (χ4n) is 1.22. The molecule has 0 atom stereocenters. The van der Waals surface area contributed by atoms with Crippen molar-refractivity contribution in [2.75, 3.05) is 32.6 Å². The van der Waals surface area contributed by atoms with Gasteiger partial charge in [0, 0.05) is 33.4 Å². The molecule has 0 saturated carbocycles. The molecule has 0 aliphatic carbocycles. The number of pyridine rings is 1. The number of nitrogens with zero attached hydrogens (tertiary/aromatic N) is 2. The van der Waals surface area contributed by atoms with Gasteiger partial charge >= 0.3 is 6.03 Å². The molecule has 1 aromatic rings. The molecular weight excluding hydrogens is 248 g/mol. The van der Waals surface area contributed by atoms with Gasteiger partial charge in [-0.25, -0.2) is 15.6 Å². The lowest BCUT2D eigenvalue weighted by Gasteiger charge is -2.12. The SMILES string of the molecule is CN(C)C(=O)NCCNC(=O)c1ccc(NN)nc1. The number of urea groups is 1. The van der Waals surface area contributed by atoms with Crippen molar-refractivity contribution >= 4 is 17.8 Å². The first-order valence-corrected chi connectivity index (χ1v) is 5.70. The van der Waals surface area contributed by atoms with Crippen LogP contribution in [0.3, 0.4) is 0 Å². The maximum atomic E-state index is 11.7. The molecule has 0 bridgehead atoms. The number of hydrogen-bond acceptors (Lipinski definition) is 5. The van der Waals surface area contributed by atoms with Crippen molar-refractivity contribution in [3.05, 3.63) is 23.9 Å². The number of hydrazine groups is 1. The maximum absolute atomic E-state index is 11.7. The van der Waals surface area contributed by atoms with E-state index in [4.69, 9.17) is 5.84 Å². The molecule has 0 radical (unpaired) electrons. The Kier molecular flexibility index (Phi) is 5.55. The summed E-state index contributed by atoms with van der Waals surface area (Å²) in [5.41, 5.74) is 2.80. The lowest BCUT2D eigenvalue weighted by Crippen LogP contribution is -2.39. The Bertz CT molecular complexity index is 431. The molecule has 0 saturated heterocycles. The van der Waals surface area contributed by atoms with Crippen molar-refractivity contribution in [2.45, 2.75) is 0 Å². The number of carbonyl (C=O) groups excluding carboxylic acids is 2. The van der Waals surface area contributed by atoms with E-state index < -0.39 is 0 Å². The van der Waals surface area contributed by atoms with Crippen LogP contribution >= 0.6 is 0 Å². The average molecular weight is 266 g/mol. The molecular formula is C11H18N6O2. The number of nitrogens with one attached hydrogen (secondary N) is 3. The minimum absolute atomic E-state index is 0.200. The number of anilines is 1. The summed E-state index contributed by atoms with van der Waals surface area (Å²) in [6.45, 7) is 0.702. The first kappa shape index (κ1) is 14.7. The van der Waals surface area contributed by atoms with E-state index in [1.807, 2.05) is 0 Å². The van der Waals surface area contributed by atoms with E-state index in [9.17, 15) is 9.59 Å². The highest BCUT2D eigenvalue weighted by atomic mass is 16.2. The van der Waals surface area contributed by atoms with Gasteiger partial charge in [-0.15, -0.1) is 0 Å². The molecule has 0 aromatic carbocycles. The van der Waals surface area contributed by atoms with E-state index in [2.05, 4.69) is 21.0 Å². The van der Waals surface area contributed by atoms with Gasteiger partial charge in [0.05, 0.1) is 5.56 Å². The van der Waals surface area contributed by atoms with Crippen LogP contribution < -0.4 is 21.9 Å². The van der Waals surface area contributed by atoms with Crippen LogP contribution in [0.25, 0.3) is 0 Å². The van der Waals surface area contributed by atoms with Gasteiger partial charge in [-0.2, -0.15) is 0 Å². The standard InChI is InChI=1S/C11H18N6O2/c1-17(2)11(19)14-6-5-13-10(18)8-3-4-9(16-12)15-7-8/h3-4,7H,5-6,12H2,1-2H3,(H,13,18)(H,14,19)(H,15,16). The van der Waals surface area contributed by atoms with Crippen molar-refractivity contribution < 1.29 is 9.59 Å². The van der Waals surface area contributed by atoms with E-state index in [0.717, 1.165) is 0 Å². The Labute approximate surface area is 111 Å². The number of nitrogen functional groups attached to an aromatic ring is 1. The van der Waals surface area contributed by atoms with Crippen LogP contribution in [0.2, 0.25) is 0 Å². The van der Waals surface area contributed by atoms with Crippen molar-refractivity contribution in [3.8, 4) is 0 Å². The van der Waals surface area contributed by atoms with Gasteiger partial charge < -0.3 is 21.0 Å². The first-order valence-electron chi connectivity index (χ1n) is 5.70. The minimum atomic E-state index is -0.254. The second-order valence-corrected chi connectivity index (χ2v) is 3.96. The molecule has 0 aliphatic heterocycles. The highest BCUT2D eigenvalue weighted by Gasteiger charge is 2.06. The van der Waals surface area contributed by atoms with E-state index >= 15 is 0 Å². The molecule has 0 unspecified atom stereocenters. The summed E-state index contributed by atoms with van der Waals surface area (Å²) in [4.78, 5) is 28.2. The predicted molar refractivity (Wildman–Crippen MR) is 71.5 cm³/mol. The number of carbonyl (C=O) groups is 2. The topological polar surface area (TPSA) is 112 Å². The molecule has 0 spiro atoms. The molecule has 19 heavy (non-hydrogen) atoms. The molecule has 0 fully saturated rings. The Hall–Kier alpha value is -2.35. The fourth-order valence-corrected chi connectivity index (χ4v) is 1.22. The molecule has 8 heteroatoms. The molecule has 104 valence electrons. The molecule has 1 aromatic heterocycles. The number of hydrogen-bond donors (Lipinski definition) is 4. The molecule has 5 N–H and O–H groups in total. The van der Waals surface area contributed by atoms with Crippen molar-refractivity contribution in [2.24, 2.45) is 5.84 Å². The quantitative estimate of drug-likeness (QED) is 0.322. The highest BCUT2D eigenvalue weighted by Crippen LogP contribution is 2.02. The van der Waals surface area contributed by atoms with Gasteiger partial charge in [0.1, 0.15) is 5.82 Å². The Morgan fingerprint density at radius 1 is 1.26 bits per heavy atom. The molecule has 8 nitrogen and oxygen atoms in total. The lowest BCUT2D eigenvalue weighted by atomic mass is 10.2. The Morgan fingerprint density at radius 2 is 1.95 bits per heavy atom. The fraction of sp³-hybridized carbons (Fsp3) is 0.364. The van der Waals surface area contributed by atoms with Crippen LogP contribution in [0, 0.1) is 0 Å². The molecule has 1 heterocycles. The summed E-state index contributed by atoms with van der Waals surface area (Å²) >= 11 is 0. The summed E-state index contributed by atoms with van der Waals surface area (Å²) in [6.07, 6.45) is 1.42. The first-order chi connectivity index (χ1) is 9.04.